The van der Waals surface area contributed by atoms with Crippen molar-refractivity contribution in [1.29, 1.82) is 0 Å². The molecule has 0 bridgehead atoms. The van der Waals surface area contributed by atoms with Gasteiger partial charge in [-0.3, -0.25) is 14.6 Å². The molecule has 192 valence electrons. The fourth-order valence-corrected chi connectivity index (χ4v) is 4.51. The number of rotatable bonds is 4. The van der Waals surface area contributed by atoms with E-state index in [0.717, 1.165) is 12.1 Å². The predicted molar refractivity (Wildman–Crippen MR) is 130 cm³/mol. The third-order valence-electron chi connectivity index (χ3n) is 5.99. The first-order chi connectivity index (χ1) is 18.0. The summed E-state index contributed by atoms with van der Waals surface area (Å²) >= 11 is 6.29. The highest BCUT2D eigenvalue weighted by molar-refractivity contribution is 6.31. The van der Waals surface area contributed by atoms with Crippen molar-refractivity contribution in [3.63, 3.8) is 0 Å². The fraction of sp³-hybridized carbons (Fsp3) is 0.0741. The summed E-state index contributed by atoms with van der Waals surface area (Å²) in [5.41, 5.74) is -0.298. The summed E-state index contributed by atoms with van der Waals surface area (Å²) in [4.78, 5) is 30.1. The maximum absolute atomic E-state index is 14.1. The number of alkyl halides is 3. The number of hydrogen-bond acceptors (Lipinski definition) is 3. The van der Waals surface area contributed by atoms with Crippen molar-refractivity contribution in [3.8, 4) is 11.1 Å². The molecule has 11 heteroatoms. The molecule has 0 spiro atoms. The van der Waals surface area contributed by atoms with Crippen molar-refractivity contribution in [3.05, 3.63) is 118 Å². The molecule has 4 aromatic rings. The number of pyridine rings is 1. The molecule has 2 heterocycles. The van der Waals surface area contributed by atoms with Crippen LogP contribution in [0.15, 0.2) is 73.1 Å². The molecule has 0 aliphatic carbocycles. The SMILES string of the molecule is O=C(Nc1cc(-c2cccnc2)cc2c1C(c1cc(F)ccc1Cl)NC2=O)c1cc(F)cc(C(F)(F)F)c1. The van der Waals surface area contributed by atoms with Gasteiger partial charge in [0.05, 0.1) is 11.6 Å². The van der Waals surface area contributed by atoms with Gasteiger partial charge in [0.2, 0.25) is 0 Å². The molecule has 0 radical (unpaired) electrons. The molecular formula is C27H15ClF5N3O2. The zero-order valence-electron chi connectivity index (χ0n) is 19.0. The lowest BCUT2D eigenvalue weighted by Crippen LogP contribution is -2.21. The van der Waals surface area contributed by atoms with E-state index in [1.54, 1.807) is 18.2 Å². The first-order valence-electron chi connectivity index (χ1n) is 11.0. The van der Waals surface area contributed by atoms with Crippen LogP contribution in [0.3, 0.4) is 0 Å². The van der Waals surface area contributed by atoms with Gasteiger partial charge in [-0.2, -0.15) is 13.2 Å². The zero-order chi connectivity index (χ0) is 27.2. The number of hydrogen-bond donors (Lipinski definition) is 2. The number of aromatic nitrogens is 1. The Kier molecular flexibility index (Phi) is 6.36. The van der Waals surface area contributed by atoms with Gasteiger partial charge < -0.3 is 10.6 Å². The predicted octanol–water partition coefficient (Wildman–Crippen LogP) is 6.78. The van der Waals surface area contributed by atoms with Crippen LogP contribution in [0.4, 0.5) is 27.6 Å². The number of nitrogens with zero attached hydrogens (tertiary/aromatic N) is 1. The quantitative estimate of drug-likeness (QED) is 0.279. The van der Waals surface area contributed by atoms with Crippen molar-refractivity contribution in [2.75, 3.05) is 5.32 Å². The summed E-state index contributed by atoms with van der Waals surface area (Å²) in [6.07, 6.45) is -1.83. The van der Waals surface area contributed by atoms with Crippen LogP contribution >= 0.6 is 11.6 Å². The summed E-state index contributed by atoms with van der Waals surface area (Å²) in [5, 5.41) is 5.35. The molecule has 1 aliphatic rings. The van der Waals surface area contributed by atoms with E-state index in [-0.39, 0.29) is 33.5 Å². The lowest BCUT2D eigenvalue weighted by Gasteiger charge is -2.19. The number of benzene rings is 3. The van der Waals surface area contributed by atoms with Gasteiger partial charge in [-0.1, -0.05) is 17.7 Å². The van der Waals surface area contributed by atoms with Crippen LogP contribution in [0.1, 0.15) is 43.4 Å². The highest BCUT2D eigenvalue weighted by Crippen LogP contribution is 2.42. The van der Waals surface area contributed by atoms with Crippen molar-refractivity contribution in [2.45, 2.75) is 12.2 Å². The second kappa shape index (κ2) is 9.53. The fourth-order valence-electron chi connectivity index (χ4n) is 4.28. The number of carbonyl (C=O) groups is 2. The smallest absolute Gasteiger partial charge is 0.341 e. The molecule has 0 saturated heterocycles. The molecule has 0 fully saturated rings. The molecule has 1 unspecified atom stereocenters. The minimum atomic E-state index is -4.88. The second-order valence-corrected chi connectivity index (χ2v) is 8.89. The molecule has 1 aliphatic heterocycles. The van der Waals surface area contributed by atoms with Crippen LogP contribution in [-0.2, 0) is 6.18 Å². The van der Waals surface area contributed by atoms with Crippen LogP contribution in [0, 0.1) is 11.6 Å². The molecule has 5 nitrogen and oxygen atoms in total. The lowest BCUT2D eigenvalue weighted by atomic mass is 9.93. The highest BCUT2D eigenvalue weighted by atomic mass is 35.5. The first kappa shape index (κ1) is 25.3. The van der Waals surface area contributed by atoms with E-state index in [1.165, 1.54) is 24.5 Å². The van der Waals surface area contributed by atoms with Gasteiger partial charge in [0.25, 0.3) is 11.8 Å². The summed E-state index contributed by atoms with van der Waals surface area (Å²) < 4.78 is 67.7. The molecule has 2 amide bonds. The van der Waals surface area contributed by atoms with E-state index in [4.69, 9.17) is 11.6 Å². The first-order valence-corrected chi connectivity index (χ1v) is 11.4. The van der Waals surface area contributed by atoms with Gasteiger partial charge >= 0.3 is 6.18 Å². The lowest BCUT2D eigenvalue weighted by molar-refractivity contribution is -0.137. The Morgan fingerprint density at radius 1 is 0.974 bits per heavy atom. The van der Waals surface area contributed by atoms with Gasteiger partial charge in [-0.25, -0.2) is 8.78 Å². The Balaban J connectivity index is 1.66. The minimum Gasteiger partial charge on any atom is -0.341 e. The minimum absolute atomic E-state index is 0.0350. The topological polar surface area (TPSA) is 71.1 Å². The van der Waals surface area contributed by atoms with E-state index < -0.39 is 46.8 Å². The Bertz CT molecular complexity index is 1590. The summed E-state index contributed by atoms with van der Waals surface area (Å²) in [6.45, 7) is 0. The van der Waals surface area contributed by atoms with Crippen molar-refractivity contribution in [2.24, 2.45) is 0 Å². The monoisotopic (exact) mass is 543 g/mol. The second-order valence-electron chi connectivity index (χ2n) is 8.48. The average Bonchev–Trinajstić information content (AvgIpc) is 3.21. The zero-order valence-corrected chi connectivity index (χ0v) is 19.8. The number of anilines is 1. The van der Waals surface area contributed by atoms with E-state index in [2.05, 4.69) is 15.6 Å². The standard InChI is InChI=1S/C27H15ClF5N3O2/c28-21-4-3-17(29)11-19(21)24-23-20(26(38)36-24)8-14(13-2-1-5-34-12-13)9-22(23)35-25(37)15-6-16(27(31,32)33)10-18(30)7-15/h1-12,24H,(H,35,37)(H,36,38). The maximum atomic E-state index is 14.1. The van der Waals surface area contributed by atoms with Crippen LogP contribution in [0.25, 0.3) is 11.1 Å². The van der Waals surface area contributed by atoms with Crippen molar-refractivity contribution < 1.29 is 31.5 Å². The molecule has 5 rings (SSSR count). The highest BCUT2D eigenvalue weighted by Gasteiger charge is 2.36. The number of nitrogens with one attached hydrogen (secondary N) is 2. The van der Waals surface area contributed by atoms with Crippen LogP contribution < -0.4 is 10.6 Å². The molecule has 38 heavy (non-hydrogen) atoms. The third kappa shape index (κ3) is 4.82. The van der Waals surface area contributed by atoms with Gasteiger partial charge in [0.1, 0.15) is 11.6 Å². The Labute approximate surface area is 217 Å². The summed E-state index contributed by atoms with van der Waals surface area (Å²) in [6, 6.07) is 10.5. The largest absolute Gasteiger partial charge is 0.416 e. The van der Waals surface area contributed by atoms with E-state index in [0.29, 0.717) is 23.3 Å². The van der Waals surface area contributed by atoms with Crippen LogP contribution in [-0.4, -0.2) is 16.8 Å². The van der Waals surface area contributed by atoms with Crippen molar-refractivity contribution in [1.82, 2.24) is 10.3 Å². The van der Waals surface area contributed by atoms with E-state index in [1.807, 2.05) is 0 Å². The summed E-state index contributed by atoms with van der Waals surface area (Å²) in [7, 11) is 0. The van der Waals surface area contributed by atoms with E-state index in [9.17, 15) is 31.5 Å². The Morgan fingerprint density at radius 2 is 1.76 bits per heavy atom. The van der Waals surface area contributed by atoms with Gasteiger partial charge in [-0.05, 0) is 60.2 Å². The Hall–Kier alpha value is -4.31. The normalized spacial score (nSPS) is 14.7. The van der Waals surface area contributed by atoms with Gasteiger partial charge in [0.15, 0.2) is 0 Å². The number of amides is 2. The van der Waals surface area contributed by atoms with E-state index >= 15 is 0 Å². The van der Waals surface area contributed by atoms with Crippen LogP contribution in [0.2, 0.25) is 5.02 Å². The number of fused-ring (bicyclic) bond motifs is 1. The van der Waals surface area contributed by atoms with Gasteiger partial charge in [0, 0.05) is 50.9 Å². The van der Waals surface area contributed by atoms with Crippen molar-refractivity contribution >= 4 is 29.1 Å². The Morgan fingerprint density at radius 3 is 2.47 bits per heavy atom. The molecule has 1 aromatic heterocycles. The maximum Gasteiger partial charge on any atom is 0.416 e. The molecular weight excluding hydrogens is 529 g/mol. The molecule has 0 saturated carbocycles. The number of halogens is 6. The number of carbonyl (C=O) groups excluding carboxylic acids is 2. The molecule has 2 N–H and O–H groups in total. The summed E-state index contributed by atoms with van der Waals surface area (Å²) in [5.74, 6) is -3.47. The molecule has 3 aromatic carbocycles. The third-order valence-corrected chi connectivity index (χ3v) is 6.33. The molecule has 1 atom stereocenters. The van der Waals surface area contributed by atoms with Crippen LogP contribution in [0.5, 0.6) is 0 Å². The van der Waals surface area contributed by atoms with Gasteiger partial charge in [-0.15, -0.1) is 0 Å². The average molecular weight is 544 g/mol.